The first-order chi connectivity index (χ1) is 14.4. The van der Waals surface area contributed by atoms with Gasteiger partial charge >= 0.3 is 5.97 Å². The zero-order valence-corrected chi connectivity index (χ0v) is 17.7. The lowest BCUT2D eigenvalue weighted by Gasteiger charge is -2.32. The minimum Gasteiger partial charge on any atom is -0.480 e. The van der Waals surface area contributed by atoms with Gasteiger partial charge in [-0.25, -0.2) is 4.79 Å². The highest BCUT2D eigenvalue weighted by Gasteiger charge is 2.30. The first-order valence-electron chi connectivity index (χ1n) is 10.2. The molecule has 0 aliphatic heterocycles. The molecule has 0 aromatic heterocycles. The third-order valence-corrected chi connectivity index (χ3v) is 5.34. The molecule has 0 saturated carbocycles. The molecule has 3 rings (SSSR count). The van der Waals surface area contributed by atoms with Crippen molar-refractivity contribution in [1.29, 1.82) is 0 Å². The second-order valence-electron chi connectivity index (χ2n) is 7.76. The van der Waals surface area contributed by atoms with Crippen LogP contribution in [0.5, 0.6) is 0 Å². The summed E-state index contributed by atoms with van der Waals surface area (Å²) >= 11 is 0. The summed E-state index contributed by atoms with van der Waals surface area (Å²) in [4.78, 5) is 28.8. The monoisotopic (exact) mass is 404 g/mol. The van der Waals surface area contributed by atoms with Crippen LogP contribution in [0.15, 0.2) is 72.8 Å². The summed E-state index contributed by atoms with van der Waals surface area (Å²) in [6, 6.07) is 22.5. The Hall–Kier alpha value is -3.18. The number of aliphatic carboxylic acids is 1. The summed E-state index contributed by atoms with van der Waals surface area (Å²) in [6.07, 6.45) is 0. The van der Waals surface area contributed by atoms with Crippen LogP contribution < -0.4 is 4.90 Å². The average molecular weight is 405 g/mol. The summed E-state index contributed by atoms with van der Waals surface area (Å²) < 4.78 is 0. The normalized spacial score (nSPS) is 12.3. The quantitative estimate of drug-likeness (QED) is 0.598. The summed E-state index contributed by atoms with van der Waals surface area (Å²) in [7, 11) is 0. The van der Waals surface area contributed by atoms with Crippen LogP contribution in [0.1, 0.15) is 26.3 Å². The van der Waals surface area contributed by atoms with E-state index in [0.717, 1.165) is 16.3 Å². The lowest BCUT2D eigenvalue weighted by atomic mass is 10.1. The van der Waals surface area contributed by atoms with E-state index in [1.165, 1.54) is 4.90 Å². The van der Waals surface area contributed by atoms with Gasteiger partial charge in [0.15, 0.2) is 0 Å². The molecule has 0 heterocycles. The Morgan fingerprint density at radius 1 is 0.867 bits per heavy atom. The lowest BCUT2D eigenvalue weighted by Crippen LogP contribution is -2.49. The number of amides is 1. The maximum absolute atomic E-state index is 13.5. The molecule has 0 unspecified atom stereocenters. The summed E-state index contributed by atoms with van der Waals surface area (Å²) in [5, 5.41) is 11.5. The average Bonchev–Trinajstić information content (AvgIpc) is 2.74. The van der Waals surface area contributed by atoms with Gasteiger partial charge in [-0.15, -0.1) is 0 Å². The van der Waals surface area contributed by atoms with Crippen LogP contribution in [-0.2, 0) is 16.1 Å². The second kappa shape index (κ2) is 9.55. The van der Waals surface area contributed by atoms with Crippen molar-refractivity contribution >= 4 is 28.3 Å². The van der Waals surface area contributed by atoms with Gasteiger partial charge < -0.3 is 5.11 Å². The minimum absolute atomic E-state index is 0.128. The van der Waals surface area contributed by atoms with E-state index in [2.05, 4.69) is 4.90 Å². The van der Waals surface area contributed by atoms with E-state index in [0.29, 0.717) is 12.2 Å². The molecule has 0 spiro atoms. The molecule has 3 aromatic carbocycles. The van der Waals surface area contributed by atoms with Crippen LogP contribution in [0.2, 0.25) is 0 Å². The third kappa shape index (κ3) is 4.86. The van der Waals surface area contributed by atoms with E-state index in [1.54, 1.807) is 6.92 Å². The smallest absolute Gasteiger partial charge is 0.326 e. The predicted molar refractivity (Wildman–Crippen MR) is 121 cm³/mol. The molecule has 30 heavy (non-hydrogen) atoms. The summed E-state index contributed by atoms with van der Waals surface area (Å²) in [5.41, 5.74) is 1.73. The third-order valence-electron chi connectivity index (χ3n) is 5.34. The first-order valence-corrected chi connectivity index (χ1v) is 10.2. The second-order valence-corrected chi connectivity index (χ2v) is 7.76. The van der Waals surface area contributed by atoms with Crippen molar-refractivity contribution in [2.75, 3.05) is 11.4 Å². The van der Waals surface area contributed by atoms with Crippen LogP contribution in [0, 0.1) is 0 Å². The number of nitrogens with zero attached hydrogens (tertiary/aromatic N) is 2. The molecule has 156 valence electrons. The molecule has 0 saturated heterocycles. The summed E-state index contributed by atoms with van der Waals surface area (Å²) in [6.45, 7) is 6.39. The first kappa shape index (κ1) is 21.5. The van der Waals surface area contributed by atoms with Crippen LogP contribution in [0.3, 0.4) is 0 Å². The molecule has 0 fully saturated rings. The van der Waals surface area contributed by atoms with Gasteiger partial charge in [0.2, 0.25) is 5.91 Å². The maximum Gasteiger partial charge on any atom is 0.326 e. The molecule has 0 aliphatic rings. The molecular formula is C25H28N2O3. The van der Waals surface area contributed by atoms with E-state index >= 15 is 0 Å². The fraction of sp³-hybridized carbons (Fsp3) is 0.280. The van der Waals surface area contributed by atoms with Gasteiger partial charge in [-0.3, -0.25) is 14.6 Å². The number of hydrogen-bond donors (Lipinski definition) is 1. The van der Waals surface area contributed by atoms with E-state index in [9.17, 15) is 14.7 Å². The molecule has 5 heteroatoms. The van der Waals surface area contributed by atoms with E-state index < -0.39 is 12.0 Å². The number of carboxylic acids is 1. The van der Waals surface area contributed by atoms with Gasteiger partial charge in [0.05, 0.1) is 12.2 Å². The Bertz CT molecular complexity index is 1010. The number of carbonyl (C=O) groups is 2. The van der Waals surface area contributed by atoms with E-state index in [1.807, 2.05) is 86.6 Å². The SMILES string of the molecule is CC(C)N(CC(=O)N(c1cccc2ccccc12)[C@@H](C)C(=O)O)Cc1ccccc1. The van der Waals surface area contributed by atoms with Crippen LogP contribution >= 0.6 is 0 Å². The van der Waals surface area contributed by atoms with E-state index in [4.69, 9.17) is 0 Å². The van der Waals surface area contributed by atoms with Gasteiger partial charge in [-0.2, -0.15) is 0 Å². The van der Waals surface area contributed by atoms with Crippen molar-refractivity contribution in [3.8, 4) is 0 Å². The number of hydrogen-bond acceptors (Lipinski definition) is 3. The van der Waals surface area contributed by atoms with Crippen molar-refractivity contribution in [1.82, 2.24) is 4.90 Å². The Kier molecular flexibility index (Phi) is 6.85. The number of carboxylic acid groups (broad SMARTS) is 1. The fourth-order valence-electron chi connectivity index (χ4n) is 3.58. The van der Waals surface area contributed by atoms with Crippen molar-refractivity contribution < 1.29 is 14.7 Å². The molecule has 0 aliphatic carbocycles. The topological polar surface area (TPSA) is 60.9 Å². The zero-order valence-electron chi connectivity index (χ0n) is 17.7. The lowest BCUT2D eigenvalue weighted by molar-refractivity contribution is -0.139. The molecule has 3 aromatic rings. The van der Waals surface area contributed by atoms with Crippen molar-refractivity contribution in [2.45, 2.75) is 39.4 Å². The number of carbonyl (C=O) groups excluding carboxylic acids is 1. The predicted octanol–water partition coefficient (Wildman–Crippen LogP) is 4.56. The standard InChI is InChI=1S/C25H28N2O3/c1-18(2)26(16-20-10-5-4-6-11-20)17-24(28)27(19(3)25(29)30)23-15-9-13-21-12-7-8-14-22(21)23/h4-15,18-19H,16-17H2,1-3H3,(H,29,30)/t19-/m0/s1. The minimum atomic E-state index is -1.03. The number of fused-ring (bicyclic) bond motifs is 1. The summed E-state index contributed by atoms with van der Waals surface area (Å²) in [5.74, 6) is -1.26. The van der Waals surface area contributed by atoms with Crippen LogP contribution in [0.4, 0.5) is 5.69 Å². The maximum atomic E-state index is 13.5. The van der Waals surface area contributed by atoms with Gasteiger partial charge in [0.25, 0.3) is 0 Å². The molecule has 1 atom stereocenters. The van der Waals surface area contributed by atoms with Crippen molar-refractivity contribution in [2.24, 2.45) is 0 Å². The molecule has 0 bridgehead atoms. The fourth-order valence-corrected chi connectivity index (χ4v) is 3.58. The largest absolute Gasteiger partial charge is 0.480 e. The number of rotatable bonds is 8. The number of benzene rings is 3. The van der Waals surface area contributed by atoms with Gasteiger partial charge in [-0.05, 0) is 37.8 Å². The van der Waals surface area contributed by atoms with Gasteiger partial charge in [-0.1, -0.05) is 66.7 Å². The molecule has 0 radical (unpaired) electrons. The Morgan fingerprint density at radius 3 is 2.17 bits per heavy atom. The molecular weight excluding hydrogens is 376 g/mol. The van der Waals surface area contributed by atoms with Gasteiger partial charge in [0, 0.05) is 18.0 Å². The highest BCUT2D eigenvalue weighted by atomic mass is 16.4. The van der Waals surface area contributed by atoms with Gasteiger partial charge in [0.1, 0.15) is 6.04 Å². The number of anilines is 1. The Morgan fingerprint density at radius 2 is 1.50 bits per heavy atom. The Balaban J connectivity index is 1.95. The molecule has 1 N–H and O–H groups in total. The highest BCUT2D eigenvalue weighted by molar-refractivity contribution is 6.07. The Labute approximate surface area is 177 Å². The van der Waals surface area contributed by atoms with Crippen LogP contribution in [0.25, 0.3) is 10.8 Å². The highest BCUT2D eigenvalue weighted by Crippen LogP contribution is 2.29. The molecule has 1 amide bonds. The molecule has 5 nitrogen and oxygen atoms in total. The van der Waals surface area contributed by atoms with Crippen molar-refractivity contribution in [3.05, 3.63) is 78.4 Å². The van der Waals surface area contributed by atoms with Crippen LogP contribution in [-0.4, -0.2) is 40.5 Å². The van der Waals surface area contributed by atoms with E-state index in [-0.39, 0.29) is 18.5 Å². The zero-order chi connectivity index (χ0) is 21.7. The van der Waals surface area contributed by atoms with Crippen molar-refractivity contribution in [3.63, 3.8) is 0 Å².